The lowest BCUT2D eigenvalue weighted by Crippen LogP contribution is -2.19. The fourth-order valence-electron chi connectivity index (χ4n) is 1.74. The predicted octanol–water partition coefficient (Wildman–Crippen LogP) is 2.99. The lowest BCUT2D eigenvalue weighted by molar-refractivity contribution is 0.216. The lowest BCUT2D eigenvalue weighted by atomic mass is 9.87. The largest absolute Gasteiger partial charge is 0.370 e. The van der Waals surface area contributed by atoms with Gasteiger partial charge >= 0.3 is 0 Å². The van der Waals surface area contributed by atoms with Gasteiger partial charge in [-0.2, -0.15) is 0 Å². The highest BCUT2D eigenvalue weighted by Crippen LogP contribution is 2.39. The molecule has 1 nitrogen and oxygen atoms in total. The van der Waals surface area contributed by atoms with Gasteiger partial charge in [-0.05, 0) is 19.3 Å². The Hall–Kier alpha value is -0.0400. The number of ether oxygens (including phenoxy) is 1. The maximum Gasteiger partial charge on any atom is 0.0916 e. The standard InChI is InChI=1S/C10H20O/c1-4-6-7-9(5-2)10(3)8-11-10/h9H,4-8H2,1-3H3/t9-,10-/m0/s1. The molecule has 0 aromatic carbocycles. The van der Waals surface area contributed by atoms with Crippen molar-refractivity contribution in [2.24, 2.45) is 5.92 Å². The van der Waals surface area contributed by atoms with Gasteiger partial charge in [0.05, 0.1) is 12.2 Å². The van der Waals surface area contributed by atoms with E-state index in [1.165, 1.54) is 25.7 Å². The highest BCUT2D eigenvalue weighted by Gasteiger charge is 2.45. The van der Waals surface area contributed by atoms with E-state index < -0.39 is 0 Å². The Bertz CT molecular complexity index is 116. The number of epoxide rings is 1. The molecule has 0 saturated carbocycles. The van der Waals surface area contributed by atoms with Crippen LogP contribution in [0.15, 0.2) is 0 Å². The molecule has 1 saturated heterocycles. The van der Waals surface area contributed by atoms with E-state index >= 15 is 0 Å². The summed E-state index contributed by atoms with van der Waals surface area (Å²) in [6.45, 7) is 7.77. The van der Waals surface area contributed by atoms with Crippen molar-refractivity contribution in [2.75, 3.05) is 6.61 Å². The van der Waals surface area contributed by atoms with Crippen LogP contribution in [0.1, 0.15) is 46.5 Å². The van der Waals surface area contributed by atoms with Crippen molar-refractivity contribution in [2.45, 2.75) is 52.1 Å². The van der Waals surface area contributed by atoms with Gasteiger partial charge in [0.2, 0.25) is 0 Å². The smallest absolute Gasteiger partial charge is 0.0916 e. The maximum absolute atomic E-state index is 5.45. The summed E-state index contributed by atoms with van der Waals surface area (Å²) in [5.41, 5.74) is 0.268. The van der Waals surface area contributed by atoms with Crippen molar-refractivity contribution in [1.29, 1.82) is 0 Å². The first-order valence-electron chi connectivity index (χ1n) is 4.87. The minimum atomic E-state index is 0.268. The summed E-state index contributed by atoms with van der Waals surface area (Å²) in [4.78, 5) is 0. The van der Waals surface area contributed by atoms with E-state index in [2.05, 4.69) is 20.8 Å². The van der Waals surface area contributed by atoms with Crippen LogP contribution < -0.4 is 0 Å². The molecule has 0 N–H and O–H groups in total. The molecule has 1 aliphatic rings. The molecule has 0 aromatic rings. The van der Waals surface area contributed by atoms with Crippen molar-refractivity contribution in [3.05, 3.63) is 0 Å². The summed E-state index contributed by atoms with van der Waals surface area (Å²) in [6.07, 6.45) is 5.30. The van der Waals surface area contributed by atoms with E-state index in [0.717, 1.165) is 12.5 Å². The van der Waals surface area contributed by atoms with Gasteiger partial charge in [0, 0.05) is 0 Å². The van der Waals surface area contributed by atoms with Gasteiger partial charge in [-0.15, -0.1) is 0 Å². The summed E-state index contributed by atoms with van der Waals surface area (Å²) >= 11 is 0. The monoisotopic (exact) mass is 156 g/mol. The summed E-state index contributed by atoms with van der Waals surface area (Å²) in [5, 5.41) is 0. The van der Waals surface area contributed by atoms with Crippen molar-refractivity contribution >= 4 is 0 Å². The second-order valence-electron chi connectivity index (χ2n) is 3.85. The van der Waals surface area contributed by atoms with Crippen LogP contribution in [-0.4, -0.2) is 12.2 Å². The van der Waals surface area contributed by atoms with Gasteiger partial charge in [-0.3, -0.25) is 0 Å². The molecule has 1 rings (SSSR count). The molecule has 1 heteroatoms. The second kappa shape index (κ2) is 3.57. The molecule has 1 heterocycles. The molecule has 11 heavy (non-hydrogen) atoms. The first-order chi connectivity index (χ1) is 5.23. The first-order valence-corrected chi connectivity index (χ1v) is 4.87. The van der Waals surface area contributed by atoms with Crippen LogP contribution >= 0.6 is 0 Å². The Labute approximate surface area is 70.1 Å². The number of hydrogen-bond donors (Lipinski definition) is 0. The molecule has 1 aliphatic heterocycles. The third-order valence-electron chi connectivity index (χ3n) is 2.86. The second-order valence-corrected chi connectivity index (χ2v) is 3.85. The molecule has 0 radical (unpaired) electrons. The molecular weight excluding hydrogens is 136 g/mol. The Morgan fingerprint density at radius 1 is 1.45 bits per heavy atom. The van der Waals surface area contributed by atoms with Crippen LogP contribution in [0.5, 0.6) is 0 Å². The van der Waals surface area contributed by atoms with Crippen LogP contribution in [-0.2, 0) is 4.74 Å². The summed E-state index contributed by atoms with van der Waals surface area (Å²) < 4.78 is 5.45. The van der Waals surface area contributed by atoms with Crippen LogP contribution in [0.4, 0.5) is 0 Å². The Morgan fingerprint density at radius 3 is 2.45 bits per heavy atom. The Balaban J connectivity index is 2.25. The molecule has 1 fully saturated rings. The lowest BCUT2D eigenvalue weighted by Gasteiger charge is -2.18. The first kappa shape index (κ1) is 9.05. The van der Waals surface area contributed by atoms with Gasteiger partial charge in [0.15, 0.2) is 0 Å². The van der Waals surface area contributed by atoms with E-state index in [4.69, 9.17) is 4.74 Å². The Kier molecular flexibility index (Phi) is 2.94. The quantitative estimate of drug-likeness (QED) is 0.557. The van der Waals surface area contributed by atoms with E-state index in [9.17, 15) is 0 Å². The highest BCUT2D eigenvalue weighted by atomic mass is 16.6. The van der Waals surface area contributed by atoms with E-state index in [1.54, 1.807) is 0 Å². The van der Waals surface area contributed by atoms with Gasteiger partial charge in [0.1, 0.15) is 0 Å². The average Bonchev–Trinajstić information content (AvgIpc) is 2.71. The molecule has 0 bridgehead atoms. The SMILES string of the molecule is CCCC[C@H](CC)[C@]1(C)CO1. The minimum absolute atomic E-state index is 0.268. The van der Waals surface area contributed by atoms with E-state index in [0.29, 0.717) is 0 Å². The molecule has 0 aromatic heterocycles. The zero-order chi connectivity index (χ0) is 8.32. The van der Waals surface area contributed by atoms with Crippen molar-refractivity contribution < 1.29 is 4.74 Å². The molecule has 66 valence electrons. The normalized spacial score (nSPS) is 31.9. The fourth-order valence-corrected chi connectivity index (χ4v) is 1.74. The molecule has 0 aliphatic carbocycles. The predicted molar refractivity (Wildman–Crippen MR) is 47.7 cm³/mol. The molecule has 0 spiro atoms. The van der Waals surface area contributed by atoms with Crippen LogP contribution in [0.25, 0.3) is 0 Å². The highest BCUT2D eigenvalue weighted by molar-refractivity contribution is 4.93. The minimum Gasteiger partial charge on any atom is -0.370 e. The average molecular weight is 156 g/mol. The van der Waals surface area contributed by atoms with Crippen LogP contribution in [0.2, 0.25) is 0 Å². The summed E-state index contributed by atoms with van der Waals surface area (Å²) in [5.74, 6) is 0.808. The molecular formula is C10H20O. The van der Waals surface area contributed by atoms with E-state index in [1.807, 2.05) is 0 Å². The number of hydrogen-bond acceptors (Lipinski definition) is 1. The molecule has 2 atom stereocenters. The summed E-state index contributed by atoms with van der Waals surface area (Å²) in [6, 6.07) is 0. The van der Waals surface area contributed by atoms with Crippen molar-refractivity contribution in [1.82, 2.24) is 0 Å². The summed E-state index contributed by atoms with van der Waals surface area (Å²) in [7, 11) is 0. The van der Waals surface area contributed by atoms with Gasteiger partial charge in [-0.1, -0.05) is 33.1 Å². The number of unbranched alkanes of at least 4 members (excludes halogenated alkanes) is 1. The topological polar surface area (TPSA) is 12.5 Å². The van der Waals surface area contributed by atoms with Crippen molar-refractivity contribution in [3.8, 4) is 0 Å². The maximum atomic E-state index is 5.45. The van der Waals surface area contributed by atoms with Crippen molar-refractivity contribution in [3.63, 3.8) is 0 Å². The van der Waals surface area contributed by atoms with Crippen LogP contribution in [0, 0.1) is 5.92 Å². The van der Waals surface area contributed by atoms with E-state index in [-0.39, 0.29) is 5.60 Å². The third kappa shape index (κ3) is 2.19. The van der Waals surface area contributed by atoms with Gasteiger partial charge in [0.25, 0.3) is 0 Å². The zero-order valence-corrected chi connectivity index (χ0v) is 8.02. The molecule has 0 amide bonds. The van der Waals surface area contributed by atoms with Gasteiger partial charge in [-0.25, -0.2) is 0 Å². The molecule has 0 unspecified atom stereocenters. The van der Waals surface area contributed by atoms with Gasteiger partial charge < -0.3 is 4.74 Å². The Morgan fingerprint density at radius 2 is 2.09 bits per heavy atom. The van der Waals surface area contributed by atoms with Crippen LogP contribution in [0.3, 0.4) is 0 Å². The third-order valence-corrected chi connectivity index (χ3v) is 2.86. The number of rotatable bonds is 5. The fraction of sp³-hybridized carbons (Fsp3) is 1.00. The zero-order valence-electron chi connectivity index (χ0n) is 8.02.